The van der Waals surface area contributed by atoms with Gasteiger partial charge < -0.3 is 0 Å². The van der Waals surface area contributed by atoms with Gasteiger partial charge in [0, 0.05) is 36.5 Å². The van der Waals surface area contributed by atoms with Crippen LogP contribution in [0.3, 0.4) is 0 Å². The molecule has 0 aliphatic heterocycles. The highest BCUT2D eigenvalue weighted by molar-refractivity contribution is 7.26. The van der Waals surface area contributed by atoms with Crippen LogP contribution in [0.1, 0.15) is 5.56 Å². The third-order valence-corrected chi connectivity index (χ3v) is 11.3. The van der Waals surface area contributed by atoms with Crippen LogP contribution in [-0.4, -0.2) is 0 Å². The van der Waals surface area contributed by atoms with Crippen molar-refractivity contribution >= 4 is 74.6 Å². The van der Waals surface area contributed by atoms with E-state index in [1.165, 1.54) is 75.1 Å². The summed E-state index contributed by atoms with van der Waals surface area (Å²) in [6.07, 6.45) is 0. The van der Waals surface area contributed by atoms with Gasteiger partial charge >= 0.3 is 0 Å². The highest BCUT2D eigenvalue weighted by atomic mass is 32.1. The fraction of sp³-hybridized carbons (Fsp3) is 0. The lowest BCUT2D eigenvalue weighted by Gasteiger charge is -2.17. The first-order valence-corrected chi connectivity index (χ1v) is 17.4. The van der Waals surface area contributed by atoms with E-state index in [4.69, 9.17) is 0 Å². The maximum atomic E-state index is 10.2. The lowest BCUT2D eigenvalue weighted by Crippen LogP contribution is -1.90. The van der Waals surface area contributed by atoms with Crippen LogP contribution in [0.25, 0.3) is 96.6 Å². The highest BCUT2D eigenvalue weighted by Gasteiger charge is 2.20. The molecule has 0 saturated carbocycles. The number of hydrogen-bond acceptors (Lipinski definition) is 2. The Kier molecular flexibility index (Phi) is 6.18. The van der Waals surface area contributed by atoms with Gasteiger partial charge in [0.1, 0.15) is 6.07 Å². The van der Waals surface area contributed by atoms with Gasteiger partial charge in [-0.1, -0.05) is 152 Å². The van der Waals surface area contributed by atoms with E-state index in [-0.39, 0.29) is 0 Å². The van der Waals surface area contributed by atoms with Gasteiger partial charge in [-0.05, 0) is 72.3 Å². The summed E-state index contributed by atoms with van der Waals surface area (Å²) in [5.41, 5.74) is 8.14. The van der Waals surface area contributed by atoms with E-state index in [0.717, 1.165) is 27.1 Å². The summed E-state index contributed by atoms with van der Waals surface area (Å²) < 4.78 is 2.53. The standard InChI is InChI=1S/C47H27NS/c48-28-42-31-15-4-6-17-33(31)46(34-18-7-5-16-32(34)42)40-24-12-23-39-41-27-30(25-26-43(41)49-47(39)40)45-37-21-10-8-19-35(37)44(29-13-2-1-3-14-29)36-20-9-11-22-38(36)45/h1-27H. The van der Waals surface area contributed by atoms with Gasteiger partial charge in [0.05, 0.1) is 5.56 Å². The predicted octanol–water partition coefficient (Wildman–Crippen LogP) is 13.5. The van der Waals surface area contributed by atoms with Crippen molar-refractivity contribution in [2.75, 3.05) is 0 Å². The van der Waals surface area contributed by atoms with Crippen molar-refractivity contribution in [3.05, 3.63) is 169 Å². The lowest BCUT2D eigenvalue weighted by atomic mass is 9.85. The largest absolute Gasteiger partial charge is 0.192 e. The molecule has 1 nitrogen and oxygen atoms in total. The molecule has 9 aromatic carbocycles. The fourth-order valence-corrected chi connectivity index (χ4v) is 9.25. The second kappa shape index (κ2) is 10.9. The Morgan fingerprint density at radius 3 is 1.39 bits per heavy atom. The molecule has 49 heavy (non-hydrogen) atoms. The van der Waals surface area contributed by atoms with E-state index in [2.05, 4.69) is 158 Å². The third kappa shape index (κ3) is 4.10. The molecule has 0 fully saturated rings. The van der Waals surface area contributed by atoms with Crippen LogP contribution in [0.4, 0.5) is 0 Å². The molecule has 0 radical (unpaired) electrons. The van der Waals surface area contributed by atoms with Crippen LogP contribution in [-0.2, 0) is 0 Å². The monoisotopic (exact) mass is 637 g/mol. The zero-order valence-corrected chi connectivity index (χ0v) is 27.3. The van der Waals surface area contributed by atoms with E-state index < -0.39 is 0 Å². The number of fused-ring (bicyclic) bond motifs is 7. The van der Waals surface area contributed by atoms with Gasteiger partial charge in [-0.2, -0.15) is 5.26 Å². The summed E-state index contributed by atoms with van der Waals surface area (Å²) in [6.45, 7) is 0. The summed E-state index contributed by atoms with van der Waals surface area (Å²) in [5.74, 6) is 0. The van der Waals surface area contributed by atoms with Crippen molar-refractivity contribution < 1.29 is 0 Å². The molecule has 0 spiro atoms. The first kappa shape index (κ1) is 27.8. The SMILES string of the molecule is N#Cc1c2ccccc2c(-c2cccc3c2sc2ccc(-c4c5ccccc5c(-c5ccccc5)c5ccccc45)cc23)c2ccccc12. The van der Waals surface area contributed by atoms with Gasteiger partial charge in [0.15, 0.2) is 0 Å². The third-order valence-electron chi connectivity index (χ3n) is 10.1. The molecule has 0 N–H and O–H groups in total. The fourth-order valence-electron chi connectivity index (χ4n) is 8.05. The highest BCUT2D eigenvalue weighted by Crippen LogP contribution is 2.48. The molecule has 0 bridgehead atoms. The molecule has 226 valence electrons. The number of nitrogens with zero attached hydrogens (tertiary/aromatic N) is 1. The molecule has 0 unspecified atom stereocenters. The van der Waals surface area contributed by atoms with Crippen molar-refractivity contribution in [1.82, 2.24) is 0 Å². The Morgan fingerprint density at radius 1 is 0.367 bits per heavy atom. The van der Waals surface area contributed by atoms with Crippen LogP contribution in [0.15, 0.2) is 164 Å². The van der Waals surface area contributed by atoms with Crippen LogP contribution >= 0.6 is 11.3 Å². The van der Waals surface area contributed by atoms with Crippen molar-refractivity contribution in [3.8, 4) is 39.4 Å². The zero-order valence-electron chi connectivity index (χ0n) is 26.4. The normalized spacial score (nSPS) is 11.7. The molecule has 1 aromatic heterocycles. The minimum Gasteiger partial charge on any atom is -0.192 e. The Labute approximate surface area is 287 Å². The molecule has 2 heteroatoms. The molecular formula is C47H27NS. The maximum absolute atomic E-state index is 10.2. The van der Waals surface area contributed by atoms with E-state index in [1.807, 2.05) is 23.5 Å². The number of rotatable bonds is 3. The quantitative estimate of drug-likeness (QED) is 0.177. The number of nitriles is 1. The summed E-state index contributed by atoms with van der Waals surface area (Å²) >= 11 is 1.86. The van der Waals surface area contributed by atoms with Gasteiger partial charge in [0.25, 0.3) is 0 Å². The summed E-state index contributed by atoms with van der Waals surface area (Å²) in [6, 6.07) is 61.4. The van der Waals surface area contributed by atoms with Gasteiger partial charge in [0.2, 0.25) is 0 Å². The summed E-state index contributed by atoms with van der Waals surface area (Å²) in [4.78, 5) is 0. The van der Waals surface area contributed by atoms with Crippen molar-refractivity contribution in [1.29, 1.82) is 5.26 Å². The average molecular weight is 638 g/mol. The minimum absolute atomic E-state index is 0.737. The van der Waals surface area contributed by atoms with E-state index in [9.17, 15) is 5.26 Å². The molecule has 0 aliphatic carbocycles. The van der Waals surface area contributed by atoms with Crippen molar-refractivity contribution in [2.45, 2.75) is 0 Å². The van der Waals surface area contributed by atoms with Crippen LogP contribution in [0.5, 0.6) is 0 Å². The van der Waals surface area contributed by atoms with Gasteiger partial charge in [-0.25, -0.2) is 0 Å². The Hall–Kier alpha value is -6.27. The van der Waals surface area contributed by atoms with E-state index in [0.29, 0.717) is 0 Å². The Balaban J connectivity index is 1.26. The lowest BCUT2D eigenvalue weighted by molar-refractivity contribution is 1.52. The maximum Gasteiger partial charge on any atom is 0.100 e. The summed E-state index contributed by atoms with van der Waals surface area (Å²) in [7, 11) is 0. The van der Waals surface area contributed by atoms with E-state index in [1.54, 1.807) is 0 Å². The van der Waals surface area contributed by atoms with Crippen LogP contribution < -0.4 is 0 Å². The Morgan fingerprint density at radius 2 is 0.837 bits per heavy atom. The Bertz CT molecular complexity index is 2880. The number of hydrogen-bond donors (Lipinski definition) is 0. The molecule has 1 heterocycles. The first-order valence-electron chi connectivity index (χ1n) is 16.6. The molecule has 10 aromatic rings. The molecular weight excluding hydrogens is 611 g/mol. The van der Waals surface area contributed by atoms with Gasteiger partial charge in [-0.15, -0.1) is 11.3 Å². The first-order chi connectivity index (χ1) is 24.3. The number of benzene rings is 9. The van der Waals surface area contributed by atoms with Crippen LogP contribution in [0, 0.1) is 11.3 Å². The zero-order chi connectivity index (χ0) is 32.5. The van der Waals surface area contributed by atoms with Crippen molar-refractivity contribution in [3.63, 3.8) is 0 Å². The second-order valence-corrected chi connectivity index (χ2v) is 13.7. The molecule has 0 aliphatic rings. The average Bonchev–Trinajstić information content (AvgIpc) is 3.54. The van der Waals surface area contributed by atoms with Crippen LogP contribution in [0.2, 0.25) is 0 Å². The van der Waals surface area contributed by atoms with Gasteiger partial charge in [-0.3, -0.25) is 0 Å². The molecule has 0 amide bonds. The predicted molar refractivity (Wildman–Crippen MR) is 210 cm³/mol. The molecule has 10 rings (SSSR count). The summed E-state index contributed by atoms with van der Waals surface area (Å²) in [5, 5.41) is 22.0. The smallest absolute Gasteiger partial charge is 0.100 e. The minimum atomic E-state index is 0.737. The number of thiophene rings is 1. The van der Waals surface area contributed by atoms with E-state index >= 15 is 0 Å². The van der Waals surface area contributed by atoms with Crippen molar-refractivity contribution in [2.24, 2.45) is 0 Å². The molecule has 0 saturated heterocycles. The molecule has 0 atom stereocenters. The second-order valence-electron chi connectivity index (χ2n) is 12.7. The topological polar surface area (TPSA) is 23.8 Å².